The number of halogens is 1. The van der Waals surface area contributed by atoms with E-state index in [1.165, 1.54) is 18.9 Å². The van der Waals surface area contributed by atoms with E-state index in [-0.39, 0.29) is 5.82 Å². The number of pyridine rings is 1. The molecule has 0 bridgehead atoms. The summed E-state index contributed by atoms with van der Waals surface area (Å²) in [5, 5.41) is 0. The summed E-state index contributed by atoms with van der Waals surface area (Å²) in [6, 6.07) is 16.8. The van der Waals surface area contributed by atoms with Crippen LogP contribution in [-0.2, 0) is 4.74 Å². The maximum atomic E-state index is 14.6. The summed E-state index contributed by atoms with van der Waals surface area (Å²) in [6.07, 6.45) is 15.1. The number of hydrogen-bond acceptors (Lipinski definition) is 3. The van der Waals surface area contributed by atoms with Gasteiger partial charge in [0.15, 0.2) is 0 Å². The van der Waals surface area contributed by atoms with Crippen molar-refractivity contribution in [3.8, 4) is 28.1 Å². The largest absolute Gasteiger partial charge is 0.489 e. The molecule has 0 saturated carbocycles. The van der Waals surface area contributed by atoms with Gasteiger partial charge in [-0.3, -0.25) is 4.98 Å². The lowest BCUT2D eigenvalue weighted by molar-refractivity contribution is 0.0566. The Bertz CT molecular complexity index is 1090. The second-order valence-electron chi connectivity index (χ2n) is 9.02. The van der Waals surface area contributed by atoms with Gasteiger partial charge in [0.25, 0.3) is 0 Å². The lowest BCUT2D eigenvalue weighted by atomic mass is 10.0. The molecule has 4 heteroatoms. The van der Waals surface area contributed by atoms with Crippen LogP contribution >= 0.6 is 0 Å². The number of ether oxygens (including phenoxy) is 2. The Morgan fingerprint density at radius 2 is 1.81 bits per heavy atom. The first-order valence-corrected chi connectivity index (χ1v) is 13.0. The summed E-state index contributed by atoms with van der Waals surface area (Å²) < 4.78 is 25.8. The van der Waals surface area contributed by atoms with Crippen molar-refractivity contribution < 1.29 is 13.9 Å². The van der Waals surface area contributed by atoms with Gasteiger partial charge in [0.05, 0.1) is 11.8 Å². The molecule has 36 heavy (non-hydrogen) atoms. The molecule has 1 heterocycles. The average Bonchev–Trinajstić information content (AvgIpc) is 2.90. The SMILES string of the molecule is C=CCOc1ccc(-c2ccc(-c3ccc(C=CCCCC(C)OCCCCC)cn3)cc2)c(F)c1. The molecule has 1 aromatic heterocycles. The van der Waals surface area contributed by atoms with E-state index in [9.17, 15) is 4.39 Å². The van der Waals surface area contributed by atoms with Gasteiger partial charge in [0, 0.05) is 30.0 Å². The molecule has 0 amide bonds. The molecule has 0 fully saturated rings. The lowest BCUT2D eigenvalue weighted by Gasteiger charge is -2.11. The summed E-state index contributed by atoms with van der Waals surface area (Å²) in [4.78, 5) is 4.62. The Morgan fingerprint density at radius 3 is 2.50 bits per heavy atom. The van der Waals surface area contributed by atoms with Crippen LogP contribution in [0.4, 0.5) is 4.39 Å². The van der Waals surface area contributed by atoms with Crippen molar-refractivity contribution in [2.24, 2.45) is 0 Å². The molecular weight excluding hydrogens is 449 g/mol. The zero-order valence-electron chi connectivity index (χ0n) is 21.6. The van der Waals surface area contributed by atoms with Crippen molar-refractivity contribution >= 4 is 6.08 Å². The van der Waals surface area contributed by atoms with Gasteiger partial charge in [-0.1, -0.05) is 74.9 Å². The van der Waals surface area contributed by atoms with Crippen molar-refractivity contribution in [2.75, 3.05) is 13.2 Å². The molecule has 0 aliphatic rings. The normalized spacial score (nSPS) is 12.1. The molecule has 3 aromatic rings. The van der Waals surface area contributed by atoms with E-state index in [2.05, 4.69) is 43.6 Å². The van der Waals surface area contributed by atoms with Crippen LogP contribution in [0.15, 0.2) is 79.5 Å². The minimum absolute atomic E-state index is 0.312. The molecule has 3 nitrogen and oxygen atoms in total. The van der Waals surface area contributed by atoms with E-state index in [0.29, 0.717) is 24.0 Å². The fraction of sp³-hybridized carbons (Fsp3) is 0.344. The van der Waals surface area contributed by atoms with E-state index >= 15 is 0 Å². The van der Waals surface area contributed by atoms with E-state index < -0.39 is 0 Å². The molecule has 0 aliphatic carbocycles. The second kappa shape index (κ2) is 15.0. The fourth-order valence-electron chi connectivity index (χ4n) is 3.93. The molecule has 0 saturated heterocycles. The second-order valence-corrected chi connectivity index (χ2v) is 9.02. The van der Waals surface area contributed by atoms with Gasteiger partial charge < -0.3 is 9.47 Å². The Morgan fingerprint density at radius 1 is 1.00 bits per heavy atom. The van der Waals surface area contributed by atoms with Crippen molar-refractivity contribution in [3.63, 3.8) is 0 Å². The van der Waals surface area contributed by atoms with Crippen LogP contribution in [0, 0.1) is 5.82 Å². The van der Waals surface area contributed by atoms with E-state index in [1.807, 2.05) is 36.5 Å². The summed E-state index contributed by atoms with van der Waals surface area (Å²) in [7, 11) is 0. The number of unbranched alkanes of at least 4 members (excludes halogenated alkanes) is 3. The highest BCUT2D eigenvalue weighted by atomic mass is 19.1. The predicted octanol–water partition coefficient (Wildman–Crippen LogP) is 8.90. The van der Waals surface area contributed by atoms with Crippen molar-refractivity contribution in [1.82, 2.24) is 4.98 Å². The first-order chi connectivity index (χ1) is 17.6. The third-order valence-corrected chi connectivity index (χ3v) is 6.03. The van der Waals surface area contributed by atoms with Crippen LogP contribution in [-0.4, -0.2) is 24.3 Å². The molecule has 2 aromatic carbocycles. The number of aromatic nitrogens is 1. The summed E-state index contributed by atoms with van der Waals surface area (Å²) >= 11 is 0. The van der Waals surface area contributed by atoms with Gasteiger partial charge >= 0.3 is 0 Å². The molecule has 190 valence electrons. The number of allylic oxidation sites excluding steroid dienone is 1. The summed E-state index contributed by atoms with van der Waals surface area (Å²) in [5.74, 6) is 0.181. The third-order valence-electron chi connectivity index (χ3n) is 6.03. The highest BCUT2D eigenvalue weighted by Crippen LogP contribution is 2.28. The zero-order chi connectivity index (χ0) is 25.6. The van der Waals surface area contributed by atoms with Crippen molar-refractivity contribution in [2.45, 2.75) is 58.5 Å². The molecule has 0 spiro atoms. The van der Waals surface area contributed by atoms with Crippen LogP contribution in [0.25, 0.3) is 28.5 Å². The van der Waals surface area contributed by atoms with Crippen LogP contribution in [0.5, 0.6) is 5.75 Å². The molecule has 0 radical (unpaired) electrons. The number of nitrogens with zero attached hydrogens (tertiary/aromatic N) is 1. The fourth-order valence-corrected chi connectivity index (χ4v) is 3.93. The quantitative estimate of drug-likeness (QED) is 0.158. The van der Waals surface area contributed by atoms with Crippen LogP contribution in [0.2, 0.25) is 0 Å². The Labute approximate surface area is 215 Å². The van der Waals surface area contributed by atoms with Gasteiger partial charge in [-0.2, -0.15) is 0 Å². The Hall–Kier alpha value is -3.24. The number of hydrogen-bond donors (Lipinski definition) is 0. The third kappa shape index (κ3) is 8.76. The molecule has 3 rings (SSSR count). The molecular formula is C32H38FNO2. The first-order valence-electron chi connectivity index (χ1n) is 13.0. The Kier molecular flexibility index (Phi) is 11.4. The number of benzene rings is 2. The monoisotopic (exact) mass is 487 g/mol. The smallest absolute Gasteiger partial charge is 0.134 e. The Balaban J connectivity index is 1.49. The maximum absolute atomic E-state index is 14.6. The van der Waals surface area contributed by atoms with E-state index in [0.717, 1.165) is 54.7 Å². The van der Waals surface area contributed by atoms with Crippen molar-refractivity contribution in [3.05, 3.63) is 90.9 Å². The maximum Gasteiger partial charge on any atom is 0.134 e. The first kappa shape index (κ1) is 27.3. The van der Waals surface area contributed by atoms with Gasteiger partial charge in [-0.05, 0) is 61.9 Å². The van der Waals surface area contributed by atoms with Gasteiger partial charge in [-0.15, -0.1) is 0 Å². The molecule has 1 unspecified atom stereocenters. The summed E-state index contributed by atoms with van der Waals surface area (Å²) in [6.45, 7) is 9.21. The average molecular weight is 488 g/mol. The molecule has 0 N–H and O–H groups in total. The minimum Gasteiger partial charge on any atom is -0.489 e. The predicted molar refractivity (Wildman–Crippen MR) is 149 cm³/mol. The minimum atomic E-state index is -0.312. The zero-order valence-corrected chi connectivity index (χ0v) is 21.6. The highest BCUT2D eigenvalue weighted by molar-refractivity contribution is 5.70. The topological polar surface area (TPSA) is 31.4 Å². The standard InChI is InChI=1S/C32H38FNO2/c1-4-6-10-22-35-25(3)11-8-7-9-12-26-13-20-32(34-24-26)28-16-14-27(15-17-28)30-19-18-29(23-31(30)33)36-21-5-2/h5,9,12-20,23-25H,2,4,6-8,10-11,21-22H2,1,3H3. The van der Waals surface area contributed by atoms with Crippen LogP contribution < -0.4 is 4.74 Å². The van der Waals surface area contributed by atoms with Gasteiger partial charge in [-0.25, -0.2) is 4.39 Å². The number of rotatable bonds is 15. The molecule has 1 atom stereocenters. The van der Waals surface area contributed by atoms with E-state index in [1.54, 1.807) is 18.2 Å². The van der Waals surface area contributed by atoms with Crippen LogP contribution in [0.1, 0.15) is 57.9 Å². The van der Waals surface area contributed by atoms with Gasteiger partial charge in [0.2, 0.25) is 0 Å². The van der Waals surface area contributed by atoms with E-state index in [4.69, 9.17) is 9.47 Å². The lowest BCUT2D eigenvalue weighted by Crippen LogP contribution is -2.08. The molecule has 0 aliphatic heterocycles. The van der Waals surface area contributed by atoms with Crippen molar-refractivity contribution in [1.29, 1.82) is 0 Å². The van der Waals surface area contributed by atoms with Gasteiger partial charge in [0.1, 0.15) is 18.2 Å². The van der Waals surface area contributed by atoms with Crippen LogP contribution in [0.3, 0.4) is 0 Å². The summed E-state index contributed by atoms with van der Waals surface area (Å²) in [5.41, 5.74) is 4.32. The highest BCUT2D eigenvalue weighted by Gasteiger charge is 2.08.